The number of fused-ring (bicyclic) bond motifs is 14. The smallest absolute Gasteiger partial charge is 0.161 e. The van der Waals surface area contributed by atoms with E-state index in [1.807, 2.05) is 0 Å². The van der Waals surface area contributed by atoms with Gasteiger partial charge in [-0.15, -0.1) is 11.3 Å². The van der Waals surface area contributed by atoms with Gasteiger partial charge < -0.3 is 4.42 Å². The molecule has 0 aliphatic carbocycles. The van der Waals surface area contributed by atoms with Crippen LogP contribution in [0.1, 0.15) is 0 Å². The summed E-state index contributed by atoms with van der Waals surface area (Å²) in [7, 11) is 0. The van der Waals surface area contributed by atoms with E-state index in [0.717, 1.165) is 81.6 Å². The molecule has 0 spiro atoms. The highest BCUT2D eigenvalue weighted by atomic mass is 32.1. The second-order valence-electron chi connectivity index (χ2n) is 15.2. The third kappa shape index (κ3) is 4.61. The maximum Gasteiger partial charge on any atom is 0.161 e. The van der Waals surface area contributed by atoms with E-state index in [1.165, 1.54) is 42.4 Å². The summed E-state index contributed by atoms with van der Waals surface area (Å²) in [6.07, 6.45) is 0. The zero-order valence-corrected chi connectivity index (χ0v) is 31.8. The van der Waals surface area contributed by atoms with Gasteiger partial charge in [0.1, 0.15) is 11.2 Å². The largest absolute Gasteiger partial charge is 0.455 e. The van der Waals surface area contributed by atoms with Gasteiger partial charge in [0, 0.05) is 32.0 Å². The number of furan rings is 1. The van der Waals surface area contributed by atoms with E-state index in [4.69, 9.17) is 14.4 Å². The average molecular weight is 755 g/mol. The summed E-state index contributed by atoms with van der Waals surface area (Å²) in [6, 6.07) is 65.6. The van der Waals surface area contributed by atoms with Gasteiger partial charge in [-0.1, -0.05) is 146 Å². The average Bonchev–Trinajstić information content (AvgIpc) is 3.85. The second-order valence-corrected chi connectivity index (χ2v) is 16.3. The summed E-state index contributed by atoms with van der Waals surface area (Å²) in [5, 5.41) is 15.4. The second kappa shape index (κ2) is 12.1. The van der Waals surface area contributed by atoms with Crippen LogP contribution in [-0.4, -0.2) is 9.97 Å². The highest BCUT2D eigenvalue weighted by Gasteiger charge is 2.23. The molecular weight excluding hydrogens is 725 g/mol. The Hall–Kier alpha value is -7.40. The number of rotatable bonds is 3. The highest BCUT2D eigenvalue weighted by molar-refractivity contribution is 7.26. The van der Waals surface area contributed by atoms with Crippen LogP contribution in [0, 0.1) is 0 Å². The normalized spacial score (nSPS) is 12.1. The fourth-order valence-electron chi connectivity index (χ4n) is 9.31. The minimum Gasteiger partial charge on any atom is -0.455 e. The van der Waals surface area contributed by atoms with Gasteiger partial charge in [0.15, 0.2) is 5.82 Å². The molecule has 0 N–H and O–H groups in total. The van der Waals surface area contributed by atoms with Crippen LogP contribution in [0.4, 0.5) is 0 Å². The number of aromatic nitrogens is 2. The molecule has 3 heterocycles. The molecule has 3 aromatic heterocycles. The minimum atomic E-state index is 0.701. The lowest BCUT2D eigenvalue weighted by Gasteiger charge is -2.13. The Bertz CT molecular complexity index is 3830. The van der Waals surface area contributed by atoms with Crippen molar-refractivity contribution in [2.45, 2.75) is 0 Å². The van der Waals surface area contributed by atoms with Crippen LogP contribution in [0.15, 0.2) is 186 Å². The van der Waals surface area contributed by atoms with Gasteiger partial charge in [-0.3, -0.25) is 0 Å². The van der Waals surface area contributed by atoms with E-state index in [9.17, 15) is 0 Å². The van der Waals surface area contributed by atoms with Crippen LogP contribution in [0.25, 0.3) is 130 Å². The van der Waals surface area contributed by atoms with Crippen LogP contribution in [0.5, 0.6) is 0 Å². The Morgan fingerprint density at radius 1 is 0.379 bits per heavy atom. The molecule has 0 aliphatic rings. The van der Waals surface area contributed by atoms with Gasteiger partial charge in [-0.05, 0) is 101 Å². The lowest BCUT2D eigenvalue weighted by molar-refractivity contribution is 0.670. The molecule has 58 heavy (non-hydrogen) atoms. The first-order valence-corrected chi connectivity index (χ1v) is 20.5. The Morgan fingerprint density at radius 2 is 0.983 bits per heavy atom. The predicted octanol–water partition coefficient (Wildman–Crippen LogP) is 15.5. The maximum atomic E-state index is 7.00. The summed E-state index contributed by atoms with van der Waals surface area (Å²) in [4.78, 5) is 10.9. The summed E-state index contributed by atoms with van der Waals surface area (Å²) in [6.45, 7) is 0. The van der Waals surface area contributed by atoms with Crippen LogP contribution in [-0.2, 0) is 0 Å². The van der Waals surface area contributed by atoms with Gasteiger partial charge in [0.25, 0.3) is 0 Å². The molecule has 0 bridgehead atoms. The molecule has 3 nitrogen and oxygen atoms in total. The lowest BCUT2D eigenvalue weighted by atomic mass is 9.91. The number of thiophene rings is 1. The molecule has 10 aromatic carbocycles. The Kier molecular flexibility index (Phi) is 6.60. The third-order valence-corrected chi connectivity index (χ3v) is 13.2. The molecule has 0 atom stereocenters. The van der Waals surface area contributed by atoms with E-state index in [-0.39, 0.29) is 0 Å². The van der Waals surface area contributed by atoms with E-state index in [2.05, 4.69) is 182 Å². The van der Waals surface area contributed by atoms with Crippen molar-refractivity contribution in [1.29, 1.82) is 0 Å². The molecule has 0 amide bonds. The van der Waals surface area contributed by atoms with Crippen molar-refractivity contribution in [1.82, 2.24) is 9.97 Å². The van der Waals surface area contributed by atoms with Crippen LogP contribution < -0.4 is 0 Å². The summed E-state index contributed by atoms with van der Waals surface area (Å²) in [5.41, 5.74) is 7.73. The fourth-order valence-corrected chi connectivity index (χ4v) is 10.5. The monoisotopic (exact) mass is 754 g/mol. The third-order valence-electron chi connectivity index (χ3n) is 12.0. The highest BCUT2D eigenvalue weighted by Crippen LogP contribution is 2.46. The van der Waals surface area contributed by atoms with E-state index in [1.54, 1.807) is 11.3 Å². The van der Waals surface area contributed by atoms with Crippen molar-refractivity contribution in [3.8, 4) is 33.8 Å². The summed E-state index contributed by atoms with van der Waals surface area (Å²) < 4.78 is 9.22. The molecule has 0 saturated carbocycles. The topological polar surface area (TPSA) is 38.9 Å². The molecular formula is C54H30N2OS. The number of nitrogens with zero attached hydrogens (tertiary/aromatic N) is 2. The van der Waals surface area contributed by atoms with Crippen molar-refractivity contribution >= 4 is 107 Å². The van der Waals surface area contributed by atoms with Crippen molar-refractivity contribution < 1.29 is 4.42 Å². The van der Waals surface area contributed by atoms with E-state index < -0.39 is 0 Å². The first-order valence-electron chi connectivity index (χ1n) is 19.6. The molecule has 268 valence electrons. The van der Waals surface area contributed by atoms with Gasteiger partial charge in [-0.2, -0.15) is 0 Å². The van der Waals surface area contributed by atoms with Crippen molar-refractivity contribution in [3.63, 3.8) is 0 Å². The Morgan fingerprint density at radius 3 is 1.76 bits per heavy atom. The zero-order chi connectivity index (χ0) is 37.9. The standard InChI is InChI=1S/C54H30N2OS/c1-2-14-33-30-48-45(27-32(33)13-1)46-28-35(34-24-25-41-39-19-6-5-17-37(39)38-18-7-8-20-40(38)44(41)26-34)29-47(52(46)57-48)51-53-50(43-21-9-10-23-49(43)58-53)55-54(56-51)42-22-11-15-31-12-3-4-16-36(31)42/h1-30H. The molecule has 0 aliphatic heterocycles. The summed E-state index contributed by atoms with van der Waals surface area (Å²) >= 11 is 1.75. The van der Waals surface area contributed by atoms with Crippen LogP contribution >= 0.6 is 11.3 Å². The molecule has 0 unspecified atom stereocenters. The molecule has 13 rings (SSSR count). The quantitative estimate of drug-likeness (QED) is 0.169. The van der Waals surface area contributed by atoms with Crippen LogP contribution in [0.2, 0.25) is 0 Å². The minimum absolute atomic E-state index is 0.701. The SMILES string of the molecule is c1ccc2cc3c(cc2c1)oc1c(-c2nc(-c4cccc5ccccc45)nc4c2sc2ccccc24)cc(-c2ccc4c5ccccc5c5ccccc5c4c2)cc13. The lowest BCUT2D eigenvalue weighted by Crippen LogP contribution is -1.95. The molecule has 13 aromatic rings. The fraction of sp³-hybridized carbons (Fsp3) is 0. The maximum absolute atomic E-state index is 7.00. The number of hydrogen-bond donors (Lipinski definition) is 0. The van der Waals surface area contributed by atoms with E-state index >= 15 is 0 Å². The van der Waals surface area contributed by atoms with Gasteiger partial charge >= 0.3 is 0 Å². The molecule has 4 heteroatoms. The Labute approximate surface area is 336 Å². The molecule has 0 radical (unpaired) electrons. The predicted molar refractivity (Wildman–Crippen MR) is 246 cm³/mol. The van der Waals surface area contributed by atoms with Crippen molar-refractivity contribution in [2.75, 3.05) is 0 Å². The Balaban J connectivity index is 1.16. The number of hydrogen-bond acceptors (Lipinski definition) is 4. The van der Waals surface area contributed by atoms with Crippen molar-refractivity contribution in [3.05, 3.63) is 182 Å². The first-order chi connectivity index (χ1) is 28.7. The van der Waals surface area contributed by atoms with Crippen molar-refractivity contribution in [2.24, 2.45) is 0 Å². The molecule has 0 fully saturated rings. The summed E-state index contributed by atoms with van der Waals surface area (Å²) in [5.74, 6) is 0.701. The van der Waals surface area contributed by atoms with Gasteiger partial charge in [0.05, 0.1) is 15.9 Å². The first kappa shape index (κ1) is 31.8. The van der Waals surface area contributed by atoms with Gasteiger partial charge in [-0.25, -0.2) is 9.97 Å². The number of benzene rings is 10. The van der Waals surface area contributed by atoms with Crippen LogP contribution in [0.3, 0.4) is 0 Å². The molecule has 0 saturated heterocycles. The zero-order valence-electron chi connectivity index (χ0n) is 31.0. The van der Waals surface area contributed by atoms with Gasteiger partial charge in [0.2, 0.25) is 0 Å². The van der Waals surface area contributed by atoms with E-state index in [0.29, 0.717) is 5.82 Å².